The molecule has 1 fully saturated rings. The van der Waals surface area contributed by atoms with Gasteiger partial charge in [-0.25, -0.2) is 4.79 Å². The van der Waals surface area contributed by atoms with Crippen LogP contribution in [0, 0.1) is 0 Å². The molecule has 1 aliphatic carbocycles. The summed E-state index contributed by atoms with van der Waals surface area (Å²) in [6.45, 7) is 0. The average Bonchev–Trinajstić information content (AvgIpc) is 3.11. The number of halogens is 3. The van der Waals surface area contributed by atoms with Crippen LogP contribution < -0.4 is 11.2 Å². The summed E-state index contributed by atoms with van der Waals surface area (Å²) >= 11 is 0. The van der Waals surface area contributed by atoms with E-state index in [-0.39, 0.29) is 16.9 Å². The Morgan fingerprint density at radius 3 is 2.47 bits per heavy atom. The summed E-state index contributed by atoms with van der Waals surface area (Å²) in [5.74, 6) is 0. The van der Waals surface area contributed by atoms with Crippen LogP contribution in [-0.2, 0) is 6.18 Å². The Labute approximate surface area is 104 Å². The molecule has 1 aliphatic rings. The van der Waals surface area contributed by atoms with Crippen molar-refractivity contribution in [1.29, 1.82) is 0 Å². The minimum Gasteiger partial charge on any atom is -0.307 e. The molecule has 0 radical (unpaired) electrons. The first kappa shape index (κ1) is 12.0. The molecule has 100 valence electrons. The molecule has 0 amide bonds. The predicted molar refractivity (Wildman–Crippen MR) is 62.1 cm³/mol. The van der Waals surface area contributed by atoms with Crippen LogP contribution in [-0.4, -0.2) is 9.55 Å². The zero-order valence-corrected chi connectivity index (χ0v) is 9.62. The Bertz CT molecular complexity index is 769. The molecule has 1 saturated carbocycles. The number of hydrogen-bond donors (Lipinski definition) is 1. The van der Waals surface area contributed by atoms with Gasteiger partial charge in [0.1, 0.15) is 0 Å². The van der Waals surface area contributed by atoms with Crippen molar-refractivity contribution in [3.63, 3.8) is 0 Å². The van der Waals surface area contributed by atoms with Crippen LogP contribution in [0.2, 0.25) is 0 Å². The van der Waals surface area contributed by atoms with E-state index < -0.39 is 23.0 Å². The maximum absolute atomic E-state index is 12.6. The molecule has 2 aromatic rings. The summed E-state index contributed by atoms with van der Waals surface area (Å²) in [5.41, 5.74) is -2.16. The first-order valence-electron chi connectivity index (χ1n) is 5.74. The lowest BCUT2D eigenvalue weighted by Gasteiger charge is -2.08. The lowest BCUT2D eigenvalue weighted by atomic mass is 10.1. The van der Waals surface area contributed by atoms with E-state index in [1.165, 1.54) is 0 Å². The molecule has 0 saturated heterocycles. The van der Waals surface area contributed by atoms with Crippen molar-refractivity contribution in [2.24, 2.45) is 0 Å². The molecule has 1 aromatic heterocycles. The van der Waals surface area contributed by atoms with Crippen LogP contribution in [0.4, 0.5) is 13.2 Å². The molecule has 0 spiro atoms. The lowest BCUT2D eigenvalue weighted by Crippen LogP contribution is -2.34. The van der Waals surface area contributed by atoms with Crippen LogP contribution in [0.1, 0.15) is 24.4 Å². The van der Waals surface area contributed by atoms with Crippen LogP contribution >= 0.6 is 0 Å². The number of benzene rings is 1. The van der Waals surface area contributed by atoms with Crippen molar-refractivity contribution in [3.8, 4) is 0 Å². The van der Waals surface area contributed by atoms with Crippen LogP contribution in [0.25, 0.3) is 10.9 Å². The van der Waals surface area contributed by atoms with Crippen molar-refractivity contribution >= 4 is 10.9 Å². The van der Waals surface area contributed by atoms with E-state index in [0.717, 1.165) is 35.6 Å². The van der Waals surface area contributed by atoms with E-state index in [9.17, 15) is 22.8 Å². The molecule has 0 bridgehead atoms. The van der Waals surface area contributed by atoms with Gasteiger partial charge in [0.15, 0.2) is 0 Å². The van der Waals surface area contributed by atoms with E-state index in [4.69, 9.17) is 0 Å². The summed E-state index contributed by atoms with van der Waals surface area (Å²) in [7, 11) is 0. The van der Waals surface area contributed by atoms with Crippen molar-refractivity contribution in [1.82, 2.24) is 9.55 Å². The third-order valence-corrected chi connectivity index (χ3v) is 3.17. The second-order valence-electron chi connectivity index (χ2n) is 4.59. The number of nitrogens with one attached hydrogen (secondary N) is 1. The Morgan fingerprint density at radius 1 is 1.21 bits per heavy atom. The number of aromatic nitrogens is 2. The number of nitrogens with zero attached hydrogens (tertiary/aromatic N) is 1. The largest absolute Gasteiger partial charge is 0.416 e. The molecule has 1 N–H and O–H groups in total. The molecule has 0 unspecified atom stereocenters. The van der Waals surface area contributed by atoms with Gasteiger partial charge in [0.05, 0.1) is 16.5 Å². The summed E-state index contributed by atoms with van der Waals surface area (Å²) < 4.78 is 38.8. The minimum atomic E-state index is -4.50. The van der Waals surface area contributed by atoms with Gasteiger partial charge < -0.3 is 4.98 Å². The van der Waals surface area contributed by atoms with Gasteiger partial charge in [0.25, 0.3) is 5.56 Å². The molecule has 7 heteroatoms. The number of rotatable bonds is 1. The van der Waals surface area contributed by atoms with Crippen molar-refractivity contribution in [2.75, 3.05) is 0 Å². The third kappa shape index (κ3) is 1.94. The maximum atomic E-state index is 12.6. The highest BCUT2D eigenvalue weighted by atomic mass is 19.4. The van der Waals surface area contributed by atoms with Gasteiger partial charge in [-0.3, -0.25) is 9.36 Å². The monoisotopic (exact) mass is 270 g/mol. The first-order valence-corrected chi connectivity index (χ1v) is 5.74. The number of H-pyrrole nitrogens is 1. The fraction of sp³-hybridized carbons (Fsp3) is 0.333. The Morgan fingerprint density at radius 2 is 1.89 bits per heavy atom. The van der Waals surface area contributed by atoms with Crippen LogP contribution in [0.5, 0.6) is 0 Å². The molecule has 1 aromatic carbocycles. The normalized spacial score (nSPS) is 15.9. The Hall–Kier alpha value is -2.05. The lowest BCUT2D eigenvalue weighted by molar-refractivity contribution is -0.137. The molecule has 1 heterocycles. The fourth-order valence-electron chi connectivity index (χ4n) is 2.07. The summed E-state index contributed by atoms with van der Waals surface area (Å²) in [6.07, 6.45) is -3.01. The van der Waals surface area contributed by atoms with Crippen molar-refractivity contribution in [2.45, 2.75) is 25.1 Å². The van der Waals surface area contributed by atoms with Gasteiger partial charge in [-0.2, -0.15) is 13.2 Å². The second kappa shape index (κ2) is 3.72. The summed E-state index contributed by atoms with van der Waals surface area (Å²) in [6, 6.07) is 2.62. The number of alkyl halides is 3. The standard InChI is InChI=1S/C12H9F3N2O2/c13-12(14,15)6-1-4-8-9(5-6)16-11(19)17(10(8)18)7-2-3-7/h1,4-5,7H,2-3H2,(H,16,19). The Balaban J connectivity index is 2.30. The van der Waals surface area contributed by atoms with Gasteiger partial charge in [0.2, 0.25) is 0 Å². The third-order valence-electron chi connectivity index (χ3n) is 3.17. The summed E-state index contributed by atoms with van der Waals surface area (Å²) in [4.78, 5) is 26.1. The molecular weight excluding hydrogens is 261 g/mol. The highest BCUT2D eigenvalue weighted by molar-refractivity contribution is 5.78. The van der Waals surface area contributed by atoms with Gasteiger partial charge >= 0.3 is 11.9 Å². The van der Waals surface area contributed by atoms with E-state index in [1.54, 1.807) is 0 Å². The van der Waals surface area contributed by atoms with Crippen molar-refractivity contribution < 1.29 is 13.2 Å². The van der Waals surface area contributed by atoms with E-state index in [0.29, 0.717) is 0 Å². The zero-order chi connectivity index (χ0) is 13.8. The van der Waals surface area contributed by atoms with Gasteiger partial charge in [0, 0.05) is 6.04 Å². The van der Waals surface area contributed by atoms with Crippen molar-refractivity contribution in [3.05, 3.63) is 44.6 Å². The minimum absolute atomic E-state index is 0.0817. The first-order chi connectivity index (χ1) is 8.88. The van der Waals surface area contributed by atoms with Crippen LogP contribution in [0.15, 0.2) is 27.8 Å². The molecule has 4 nitrogen and oxygen atoms in total. The maximum Gasteiger partial charge on any atom is 0.416 e. The van der Waals surface area contributed by atoms with E-state index in [2.05, 4.69) is 4.98 Å². The SMILES string of the molecule is O=c1[nH]c2cc(C(F)(F)F)ccc2c(=O)n1C1CC1. The number of aromatic amines is 1. The molecule has 3 rings (SSSR count). The zero-order valence-electron chi connectivity index (χ0n) is 9.62. The fourth-order valence-corrected chi connectivity index (χ4v) is 2.07. The highest BCUT2D eigenvalue weighted by Crippen LogP contribution is 2.33. The molecular formula is C12H9F3N2O2. The van der Waals surface area contributed by atoms with Gasteiger partial charge in [-0.15, -0.1) is 0 Å². The van der Waals surface area contributed by atoms with Crippen LogP contribution in [0.3, 0.4) is 0 Å². The second-order valence-corrected chi connectivity index (χ2v) is 4.59. The Kier molecular flexibility index (Phi) is 2.35. The van der Waals surface area contributed by atoms with E-state index >= 15 is 0 Å². The summed E-state index contributed by atoms with van der Waals surface area (Å²) in [5, 5.41) is 0.0968. The number of hydrogen-bond acceptors (Lipinski definition) is 2. The topological polar surface area (TPSA) is 54.9 Å². The smallest absolute Gasteiger partial charge is 0.307 e. The highest BCUT2D eigenvalue weighted by Gasteiger charge is 2.31. The molecule has 0 atom stereocenters. The average molecular weight is 270 g/mol. The predicted octanol–water partition coefficient (Wildman–Crippen LogP) is 2.04. The molecule has 19 heavy (non-hydrogen) atoms. The molecule has 0 aliphatic heterocycles. The number of fused-ring (bicyclic) bond motifs is 1. The quantitative estimate of drug-likeness (QED) is 0.862. The van der Waals surface area contributed by atoms with E-state index in [1.807, 2.05) is 0 Å². The van der Waals surface area contributed by atoms with Gasteiger partial charge in [-0.05, 0) is 31.0 Å². The van der Waals surface area contributed by atoms with Gasteiger partial charge in [-0.1, -0.05) is 0 Å².